The van der Waals surface area contributed by atoms with E-state index in [2.05, 4.69) is 73.8 Å². The Bertz CT molecular complexity index is 777. The normalized spacial score (nSPS) is 10.6. The van der Waals surface area contributed by atoms with Crippen molar-refractivity contribution in [2.45, 2.75) is 6.04 Å². The van der Waals surface area contributed by atoms with Crippen molar-refractivity contribution in [2.24, 2.45) is 0 Å². The van der Waals surface area contributed by atoms with Gasteiger partial charge in [0.05, 0.1) is 5.56 Å². The summed E-state index contributed by atoms with van der Waals surface area (Å²) in [5.74, 6) is -0.216. The molecule has 0 aliphatic rings. The predicted octanol–water partition coefficient (Wildman–Crippen LogP) is 0.844. The van der Waals surface area contributed by atoms with Crippen LogP contribution in [0.4, 0.5) is 0 Å². The van der Waals surface area contributed by atoms with Crippen molar-refractivity contribution >= 4 is 5.91 Å². The van der Waals surface area contributed by atoms with E-state index >= 15 is 0 Å². The van der Waals surface area contributed by atoms with Gasteiger partial charge in [-0.05, 0) is 12.1 Å². The Balaban J connectivity index is 0.000000282. The van der Waals surface area contributed by atoms with Crippen LogP contribution in [0, 0.1) is 20.3 Å². The average molecular weight is 413 g/mol. The van der Waals surface area contributed by atoms with E-state index in [0.717, 1.165) is 0 Å². The van der Waals surface area contributed by atoms with Crippen molar-refractivity contribution in [1.82, 2.24) is 9.88 Å². The van der Waals surface area contributed by atoms with Gasteiger partial charge in [0.15, 0.2) is 0 Å². The molecule has 0 radical (unpaired) electrons. The fraction of sp³-hybridized carbons (Fsp3) is 0.125. The van der Waals surface area contributed by atoms with Gasteiger partial charge in [-0.2, -0.15) is 0 Å². The summed E-state index contributed by atoms with van der Waals surface area (Å²) >= 11 is 0. The Morgan fingerprint density at radius 2 is 1.55 bits per heavy atom. The number of benzene rings is 2. The molecule has 0 saturated carbocycles. The monoisotopic (exact) mass is 412 g/mol. The molecule has 146 valence electrons. The van der Waals surface area contributed by atoms with E-state index in [1.807, 2.05) is 12.1 Å². The minimum Gasteiger partial charge on any atom is -0.397 e. The molecule has 0 saturated heterocycles. The fourth-order valence-corrected chi connectivity index (χ4v) is 2.49. The molecule has 1 unspecified atom stereocenters. The summed E-state index contributed by atoms with van der Waals surface area (Å²) < 4.78 is 0. The average Bonchev–Trinajstić information content (AvgIpc) is 2.76. The van der Waals surface area contributed by atoms with Gasteiger partial charge in [-0.1, -0.05) is 42.4 Å². The van der Waals surface area contributed by atoms with E-state index in [9.17, 15) is 4.79 Å². The van der Waals surface area contributed by atoms with Crippen LogP contribution in [0.3, 0.4) is 0 Å². The van der Waals surface area contributed by atoms with Gasteiger partial charge in [-0.25, -0.2) is 0 Å². The van der Waals surface area contributed by atoms with Crippen LogP contribution in [0.25, 0.3) is 0 Å². The molecule has 0 fully saturated rings. The molecular formula is C24H25KN2O2-2. The number of aromatic nitrogens is 1. The van der Waals surface area contributed by atoms with Crippen LogP contribution in [0.5, 0.6) is 0 Å². The summed E-state index contributed by atoms with van der Waals surface area (Å²) in [5, 5.41) is 8.93. The smallest absolute Gasteiger partial charge is 0.397 e. The molecule has 4 nitrogen and oxygen atoms in total. The maximum absolute atomic E-state index is 11.9. The van der Waals surface area contributed by atoms with Crippen LogP contribution in [0.1, 0.15) is 21.5 Å². The number of hydrogen-bond donors (Lipinski definition) is 1. The van der Waals surface area contributed by atoms with Gasteiger partial charge in [-0.3, -0.25) is 9.78 Å². The second-order valence-electron chi connectivity index (χ2n) is 6.04. The van der Waals surface area contributed by atoms with Crippen molar-refractivity contribution in [2.75, 3.05) is 13.2 Å². The number of pyridine rings is 1. The largest absolute Gasteiger partial charge is 1.00 e. The van der Waals surface area contributed by atoms with Crippen LogP contribution in [0.15, 0.2) is 85.2 Å². The maximum Gasteiger partial charge on any atom is 1.00 e. The molecule has 3 rings (SSSR count). The molecule has 29 heavy (non-hydrogen) atoms. The third-order valence-corrected chi connectivity index (χ3v) is 3.99. The van der Waals surface area contributed by atoms with Crippen LogP contribution in [-0.4, -0.2) is 40.1 Å². The third kappa shape index (κ3) is 8.82. The van der Waals surface area contributed by atoms with Crippen molar-refractivity contribution in [3.05, 3.63) is 122 Å². The molecule has 1 heterocycles. The molecule has 0 spiro atoms. The van der Waals surface area contributed by atoms with Crippen molar-refractivity contribution in [3.8, 4) is 0 Å². The SMILES string of the molecule is [CH2-]CN(C(=O)c1cccnc1)C([CH2-])CO.[K+].c1ccc([CH-]c2ccccc2)cc1. The molecule has 1 aromatic heterocycles. The minimum atomic E-state index is -0.477. The second kappa shape index (κ2) is 14.5. The summed E-state index contributed by atoms with van der Waals surface area (Å²) in [5.41, 5.74) is 2.96. The van der Waals surface area contributed by atoms with E-state index in [0.29, 0.717) is 5.56 Å². The van der Waals surface area contributed by atoms with Crippen molar-refractivity contribution in [1.29, 1.82) is 0 Å². The number of carbonyl (C=O) groups excluding carboxylic acids is 1. The summed E-state index contributed by atoms with van der Waals surface area (Å²) in [6, 6.07) is 23.6. The summed E-state index contributed by atoms with van der Waals surface area (Å²) in [6.07, 6.45) is 5.24. The van der Waals surface area contributed by atoms with Crippen molar-refractivity contribution < 1.29 is 61.3 Å². The van der Waals surface area contributed by atoms with Crippen LogP contribution >= 0.6 is 0 Å². The van der Waals surface area contributed by atoms with E-state index < -0.39 is 6.04 Å². The van der Waals surface area contributed by atoms with E-state index in [-0.39, 0.29) is 70.4 Å². The minimum absolute atomic E-state index is 0. The maximum atomic E-state index is 11.9. The molecule has 1 N–H and O–H groups in total. The number of aliphatic hydroxyl groups excluding tert-OH is 1. The second-order valence-corrected chi connectivity index (χ2v) is 6.04. The van der Waals surface area contributed by atoms with E-state index in [4.69, 9.17) is 5.11 Å². The molecule has 5 heteroatoms. The number of aliphatic hydroxyl groups is 1. The predicted molar refractivity (Wildman–Crippen MR) is 112 cm³/mol. The zero-order valence-corrected chi connectivity index (χ0v) is 19.9. The number of carbonyl (C=O) groups is 1. The summed E-state index contributed by atoms with van der Waals surface area (Å²) in [6.45, 7) is 7.39. The first-order chi connectivity index (χ1) is 13.7. The van der Waals surface area contributed by atoms with Gasteiger partial charge >= 0.3 is 51.4 Å². The van der Waals surface area contributed by atoms with Crippen molar-refractivity contribution in [3.63, 3.8) is 0 Å². The van der Waals surface area contributed by atoms with Gasteiger partial charge in [0, 0.05) is 19.0 Å². The zero-order chi connectivity index (χ0) is 20.2. The Labute approximate surface area is 216 Å². The molecule has 1 amide bonds. The number of rotatable bonds is 6. The topological polar surface area (TPSA) is 53.4 Å². The van der Waals surface area contributed by atoms with Gasteiger partial charge in [0.1, 0.15) is 0 Å². The molecule has 0 aliphatic carbocycles. The Morgan fingerprint density at radius 1 is 1.00 bits per heavy atom. The van der Waals surface area contributed by atoms with Gasteiger partial charge in [0.25, 0.3) is 5.91 Å². The van der Waals surface area contributed by atoms with Gasteiger partial charge < -0.3 is 23.9 Å². The van der Waals surface area contributed by atoms with E-state index in [1.165, 1.54) is 22.2 Å². The van der Waals surface area contributed by atoms with E-state index in [1.54, 1.807) is 18.3 Å². The molecule has 0 bridgehead atoms. The first-order valence-electron chi connectivity index (χ1n) is 9.04. The number of hydrogen-bond acceptors (Lipinski definition) is 3. The van der Waals surface area contributed by atoms with Crippen LogP contribution in [-0.2, 0) is 0 Å². The first-order valence-corrected chi connectivity index (χ1v) is 9.04. The first kappa shape index (κ1) is 25.6. The van der Waals surface area contributed by atoms with Crippen LogP contribution < -0.4 is 51.4 Å². The molecule has 0 aliphatic heterocycles. The third-order valence-electron chi connectivity index (χ3n) is 3.99. The summed E-state index contributed by atoms with van der Waals surface area (Å²) in [4.78, 5) is 17.1. The molecule has 1 atom stereocenters. The number of nitrogens with zero attached hydrogens (tertiary/aromatic N) is 2. The zero-order valence-electron chi connectivity index (χ0n) is 16.8. The van der Waals surface area contributed by atoms with Crippen LogP contribution in [0.2, 0.25) is 0 Å². The molecular weight excluding hydrogens is 387 g/mol. The standard InChI is InChI=1S/C13H11.C11H14N2O2.K/c1-3-7-12(8-4-1)11-13-9-5-2-6-10-13;1-3-13(9(2)8-14)11(15)10-5-4-6-12-7-10;/h1-11H;4-7,9,14H,1-3,8H2;/q-1;-2;+1. The fourth-order valence-electron chi connectivity index (χ4n) is 2.49. The quantitative estimate of drug-likeness (QED) is 0.482. The summed E-state index contributed by atoms with van der Waals surface area (Å²) in [7, 11) is 0. The number of amides is 1. The Morgan fingerprint density at radius 3 is 1.97 bits per heavy atom. The molecule has 2 aromatic carbocycles. The van der Waals surface area contributed by atoms with Gasteiger partial charge in [0.2, 0.25) is 0 Å². The van der Waals surface area contributed by atoms with Gasteiger partial charge in [-0.15, -0.1) is 48.4 Å². The Hall–Kier alpha value is -1.47. The Kier molecular flexibility index (Phi) is 12.8. The molecule has 3 aromatic rings.